The molecule has 0 aliphatic carbocycles. The summed E-state index contributed by atoms with van der Waals surface area (Å²) in [7, 11) is 0. The molecule has 0 saturated heterocycles. The smallest absolute Gasteiger partial charge is 0.340 e. The molecule has 2 aromatic heterocycles. The van der Waals surface area contributed by atoms with E-state index in [0.717, 1.165) is 11.5 Å². The summed E-state index contributed by atoms with van der Waals surface area (Å²) in [6, 6.07) is 3.46. The second-order valence-corrected chi connectivity index (χ2v) is 4.68. The van der Waals surface area contributed by atoms with Crippen molar-refractivity contribution < 1.29 is 14.7 Å². The number of rotatable bonds is 4. The quantitative estimate of drug-likeness (QED) is 0.898. The average Bonchev–Trinajstić information content (AvgIpc) is 2.95. The molecule has 2 heterocycles. The van der Waals surface area contributed by atoms with Crippen molar-refractivity contribution in [2.24, 2.45) is 0 Å². The number of carboxylic acid groups (broad SMARTS) is 1. The van der Waals surface area contributed by atoms with E-state index in [1.165, 1.54) is 0 Å². The normalized spacial score (nSPS) is 10.4. The van der Waals surface area contributed by atoms with E-state index in [9.17, 15) is 9.59 Å². The van der Waals surface area contributed by atoms with Gasteiger partial charge in [0.1, 0.15) is 16.3 Å². The van der Waals surface area contributed by atoms with Crippen molar-refractivity contribution in [3.05, 3.63) is 35.3 Å². The van der Waals surface area contributed by atoms with Gasteiger partial charge in [-0.15, -0.1) is 0 Å². The van der Waals surface area contributed by atoms with E-state index in [1.807, 2.05) is 6.92 Å². The van der Waals surface area contributed by atoms with Gasteiger partial charge in [-0.3, -0.25) is 4.79 Å². The zero-order chi connectivity index (χ0) is 14.0. The van der Waals surface area contributed by atoms with Crippen molar-refractivity contribution >= 4 is 28.4 Å². The van der Waals surface area contributed by atoms with Crippen LogP contribution in [0.3, 0.4) is 0 Å². The van der Waals surface area contributed by atoms with Crippen LogP contribution in [0.5, 0.6) is 0 Å². The maximum absolute atomic E-state index is 12.1. The highest BCUT2D eigenvalue weighted by molar-refractivity contribution is 7.11. The van der Waals surface area contributed by atoms with Crippen molar-refractivity contribution in [2.45, 2.75) is 20.4 Å². The zero-order valence-electron chi connectivity index (χ0n) is 10.5. The molecule has 6 nitrogen and oxygen atoms in total. The number of nitrogens with zero attached hydrogens (tertiary/aromatic N) is 2. The van der Waals surface area contributed by atoms with Gasteiger partial charge in [-0.2, -0.15) is 4.37 Å². The number of aryl methyl sites for hydroxylation is 2. The number of amides is 1. The number of aromatic carboxylic acids is 1. The van der Waals surface area contributed by atoms with E-state index in [2.05, 4.69) is 9.69 Å². The van der Waals surface area contributed by atoms with E-state index < -0.39 is 5.97 Å². The molecular formula is C12H13N3O3S. The number of carboxylic acids is 1. The first-order valence-corrected chi connectivity index (χ1v) is 6.48. The Morgan fingerprint density at radius 2 is 2.26 bits per heavy atom. The van der Waals surface area contributed by atoms with Crippen molar-refractivity contribution in [3.8, 4) is 0 Å². The molecule has 7 heteroatoms. The SMILES string of the molecule is CCn1cccc1C(=O)Nc1snc(C)c1C(=O)O. The average molecular weight is 279 g/mol. The first-order chi connectivity index (χ1) is 9.04. The molecule has 0 aliphatic heterocycles. The molecule has 0 aliphatic rings. The summed E-state index contributed by atoms with van der Waals surface area (Å²) in [6.07, 6.45) is 1.80. The van der Waals surface area contributed by atoms with Gasteiger partial charge in [0.25, 0.3) is 5.91 Å². The standard InChI is InChI=1S/C12H13N3O3S/c1-3-15-6-4-5-8(15)10(16)13-11-9(12(17)18)7(2)14-19-11/h4-6H,3H2,1-2H3,(H,13,16)(H,17,18). The lowest BCUT2D eigenvalue weighted by molar-refractivity contribution is 0.0697. The summed E-state index contributed by atoms with van der Waals surface area (Å²) >= 11 is 0.972. The third-order valence-corrected chi connectivity index (χ3v) is 3.56. The molecule has 2 aromatic rings. The Labute approximate surface area is 113 Å². The van der Waals surface area contributed by atoms with Crippen molar-refractivity contribution in [2.75, 3.05) is 5.32 Å². The van der Waals surface area contributed by atoms with Crippen LogP contribution in [0.1, 0.15) is 33.5 Å². The maximum Gasteiger partial charge on any atom is 0.340 e. The van der Waals surface area contributed by atoms with Gasteiger partial charge in [0.2, 0.25) is 0 Å². The number of carbonyl (C=O) groups is 2. The van der Waals surface area contributed by atoms with Crippen LogP contribution >= 0.6 is 11.5 Å². The largest absolute Gasteiger partial charge is 0.478 e. The fraction of sp³-hybridized carbons (Fsp3) is 0.250. The van der Waals surface area contributed by atoms with Crippen LogP contribution < -0.4 is 5.32 Å². The minimum atomic E-state index is -1.09. The fourth-order valence-corrected chi connectivity index (χ4v) is 2.55. The predicted octanol–water partition coefficient (Wildman–Crippen LogP) is 2.22. The molecule has 100 valence electrons. The summed E-state index contributed by atoms with van der Waals surface area (Å²) in [5.74, 6) is -1.43. The van der Waals surface area contributed by atoms with Crippen molar-refractivity contribution in [1.29, 1.82) is 0 Å². The van der Waals surface area contributed by atoms with Crippen molar-refractivity contribution in [1.82, 2.24) is 8.94 Å². The van der Waals surface area contributed by atoms with Crippen LogP contribution in [0.2, 0.25) is 0 Å². The number of nitrogens with one attached hydrogen (secondary N) is 1. The van der Waals surface area contributed by atoms with Gasteiger partial charge in [-0.05, 0) is 37.5 Å². The van der Waals surface area contributed by atoms with Gasteiger partial charge in [0, 0.05) is 12.7 Å². The van der Waals surface area contributed by atoms with Gasteiger partial charge in [0.15, 0.2) is 0 Å². The first-order valence-electron chi connectivity index (χ1n) is 5.70. The topological polar surface area (TPSA) is 84.2 Å². The molecule has 0 unspecified atom stereocenters. The summed E-state index contributed by atoms with van der Waals surface area (Å²) in [5, 5.41) is 12.0. The summed E-state index contributed by atoms with van der Waals surface area (Å²) in [5.41, 5.74) is 0.941. The van der Waals surface area contributed by atoms with E-state index in [0.29, 0.717) is 17.9 Å². The molecule has 0 aromatic carbocycles. The monoisotopic (exact) mass is 279 g/mol. The van der Waals surface area contributed by atoms with E-state index in [-0.39, 0.29) is 16.5 Å². The van der Waals surface area contributed by atoms with Crippen LogP contribution in [0.15, 0.2) is 18.3 Å². The highest BCUT2D eigenvalue weighted by atomic mass is 32.1. The van der Waals surface area contributed by atoms with Crippen molar-refractivity contribution in [3.63, 3.8) is 0 Å². The number of anilines is 1. The third-order valence-electron chi connectivity index (χ3n) is 2.71. The Morgan fingerprint density at radius 1 is 1.53 bits per heavy atom. The highest BCUT2D eigenvalue weighted by Gasteiger charge is 2.20. The first kappa shape index (κ1) is 13.3. The fourth-order valence-electron chi connectivity index (χ4n) is 1.77. The van der Waals surface area contributed by atoms with Gasteiger partial charge in [-0.1, -0.05) is 0 Å². The molecule has 19 heavy (non-hydrogen) atoms. The molecule has 1 amide bonds. The summed E-state index contributed by atoms with van der Waals surface area (Å²) < 4.78 is 5.74. The molecule has 2 rings (SSSR count). The minimum absolute atomic E-state index is 0.0490. The van der Waals surface area contributed by atoms with Gasteiger partial charge in [-0.25, -0.2) is 4.79 Å². The number of aromatic nitrogens is 2. The zero-order valence-corrected chi connectivity index (χ0v) is 11.3. The Balaban J connectivity index is 2.27. The Morgan fingerprint density at radius 3 is 2.89 bits per heavy atom. The molecule has 0 bridgehead atoms. The molecule has 0 atom stereocenters. The number of hydrogen-bond acceptors (Lipinski definition) is 4. The molecule has 0 spiro atoms. The lowest BCUT2D eigenvalue weighted by atomic mass is 10.2. The van der Waals surface area contributed by atoms with Gasteiger partial charge >= 0.3 is 5.97 Å². The molecular weight excluding hydrogens is 266 g/mol. The number of hydrogen-bond donors (Lipinski definition) is 2. The van der Waals surface area contributed by atoms with Crippen LogP contribution in [0, 0.1) is 6.92 Å². The highest BCUT2D eigenvalue weighted by Crippen LogP contribution is 2.25. The lowest BCUT2D eigenvalue weighted by Gasteiger charge is -2.06. The van der Waals surface area contributed by atoms with Gasteiger partial charge in [0.05, 0.1) is 5.69 Å². The second kappa shape index (κ2) is 5.23. The van der Waals surface area contributed by atoms with E-state index in [4.69, 9.17) is 5.11 Å². The minimum Gasteiger partial charge on any atom is -0.478 e. The Bertz CT molecular complexity index is 630. The summed E-state index contributed by atoms with van der Waals surface area (Å²) in [4.78, 5) is 23.2. The van der Waals surface area contributed by atoms with E-state index >= 15 is 0 Å². The van der Waals surface area contributed by atoms with E-state index in [1.54, 1.807) is 29.8 Å². The van der Waals surface area contributed by atoms with Gasteiger partial charge < -0.3 is 15.0 Å². The molecule has 0 fully saturated rings. The maximum atomic E-state index is 12.1. The summed E-state index contributed by atoms with van der Waals surface area (Å²) in [6.45, 7) is 4.20. The van der Waals surface area contributed by atoms with Crippen LogP contribution in [0.4, 0.5) is 5.00 Å². The third kappa shape index (κ3) is 2.50. The Hall–Kier alpha value is -2.15. The predicted molar refractivity (Wildman–Crippen MR) is 71.9 cm³/mol. The lowest BCUT2D eigenvalue weighted by Crippen LogP contribution is -2.17. The molecule has 0 radical (unpaired) electrons. The number of carbonyl (C=O) groups excluding carboxylic acids is 1. The molecule has 0 saturated carbocycles. The Kier molecular flexibility index (Phi) is 3.66. The molecule has 2 N–H and O–H groups in total. The van der Waals surface area contributed by atoms with Crippen LogP contribution in [-0.2, 0) is 6.54 Å². The van der Waals surface area contributed by atoms with Crippen LogP contribution in [-0.4, -0.2) is 25.9 Å². The van der Waals surface area contributed by atoms with Crippen LogP contribution in [0.25, 0.3) is 0 Å². The second-order valence-electron chi connectivity index (χ2n) is 3.91.